The van der Waals surface area contributed by atoms with Crippen LogP contribution in [-0.4, -0.2) is 30.3 Å². The molecule has 1 amide bonds. The topological polar surface area (TPSA) is 72.5 Å². The SMILES string of the molecule is CCCCCCCCCCCCCC(=O)CC(=O)N[C@@H]1CCOC1=O. The van der Waals surface area contributed by atoms with Crippen LogP contribution in [0.4, 0.5) is 0 Å². The molecule has 0 aromatic carbocycles. The van der Waals surface area contributed by atoms with Crippen molar-refractivity contribution < 1.29 is 19.1 Å². The monoisotopic (exact) mass is 353 g/mol. The number of hydrogen-bond donors (Lipinski definition) is 1. The third-order valence-corrected chi connectivity index (χ3v) is 4.69. The van der Waals surface area contributed by atoms with E-state index in [9.17, 15) is 14.4 Å². The first-order valence-electron chi connectivity index (χ1n) is 10.1. The van der Waals surface area contributed by atoms with Crippen LogP contribution in [-0.2, 0) is 19.1 Å². The molecule has 1 aliphatic heterocycles. The number of Topliss-reactive ketones (excluding diaryl/α,β-unsaturated/α-hetero) is 1. The van der Waals surface area contributed by atoms with Crippen molar-refractivity contribution in [1.29, 1.82) is 0 Å². The molecule has 1 saturated heterocycles. The first kappa shape index (κ1) is 21.7. The molecule has 5 nitrogen and oxygen atoms in total. The fourth-order valence-corrected chi connectivity index (χ4v) is 3.13. The molecule has 1 fully saturated rings. The summed E-state index contributed by atoms with van der Waals surface area (Å²) in [6.07, 6.45) is 14.5. The van der Waals surface area contributed by atoms with Crippen molar-refractivity contribution in [3.8, 4) is 0 Å². The van der Waals surface area contributed by atoms with Crippen molar-refractivity contribution in [2.45, 2.75) is 103 Å². The number of nitrogens with one attached hydrogen (secondary N) is 1. The highest BCUT2D eigenvalue weighted by Crippen LogP contribution is 2.12. The molecule has 0 saturated carbocycles. The number of rotatable bonds is 15. The van der Waals surface area contributed by atoms with Gasteiger partial charge in [0.15, 0.2) is 0 Å². The van der Waals surface area contributed by atoms with Crippen LogP contribution in [0.2, 0.25) is 0 Å². The summed E-state index contributed by atoms with van der Waals surface area (Å²) < 4.78 is 4.78. The van der Waals surface area contributed by atoms with Crippen molar-refractivity contribution in [1.82, 2.24) is 5.32 Å². The number of ether oxygens (including phenoxy) is 1. The number of hydrogen-bond acceptors (Lipinski definition) is 4. The summed E-state index contributed by atoms with van der Waals surface area (Å²) >= 11 is 0. The average molecular weight is 354 g/mol. The normalized spacial score (nSPS) is 16.7. The highest BCUT2D eigenvalue weighted by molar-refractivity contribution is 5.99. The third kappa shape index (κ3) is 11.0. The molecule has 0 aromatic heterocycles. The van der Waals surface area contributed by atoms with E-state index in [1.54, 1.807) is 0 Å². The minimum absolute atomic E-state index is 0.0419. The summed E-state index contributed by atoms with van der Waals surface area (Å²) in [4.78, 5) is 34.8. The highest BCUT2D eigenvalue weighted by Gasteiger charge is 2.28. The number of amides is 1. The van der Waals surface area contributed by atoms with E-state index in [0.29, 0.717) is 19.4 Å². The predicted octanol–water partition coefficient (Wildman–Crippen LogP) is 4.08. The third-order valence-electron chi connectivity index (χ3n) is 4.69. The van der Waals surface area contributed by atoms with Gasteiger partial charge in [0.25, 0.3) is 0 Å². The van der Waals surface area contributed by atoms with Crippen LogP contribution in [0.3, 0.4) is 0 Å². The number of cyclic esters (lactones) is 1. The van der Waals surface area contributed by atoms with E-state index >= 15 is 0 Å². The summed E-state index contributed by atoms with van der Waals surface area (Å²) in [5.41, 5.74) is 0. The minimum atomic E-state index is -0.567. The quantitative estimate of drug-likeness (QED) is 0.273. The van der Waals surface area contributed by atoms with Crippen molar-refractivity contribution in [2.75, 3.05) is 6.61 Å². The zero-order valence-electron chi connectivity index (χ0n) is 15.8. The molecule has 1 rings (SSSR count). The molecular formula is C20H35NO4. The van der Waals surface area contributed by atoms with Crippen LogP contribution in [0.25, 0.3) is 0 Å². The van der Waals surface area contributed by atoms with Gasteiger partial charge in [-0.25, -0.2) is 4.79 Å². The molecule has 0 aromatic rings. The molecule has 0 unspecified atom stereocenters. The van der Waals surface area contributed by atoms with Crippen LogP contribution in [0.5, 0.6) is 0 Å². The second-order valence-corrected chi connectivity index (χ2v) is 7.08. The summed E-state index contributed by atoms with van der Waals surface area (Å²) in [6.45, 7) is 2.58. The Hall–Kier alpha value is -1.39. The zero-order valence-corrected chi connectivity index (χ0v) is 15.8. The van der Waals surface area contributed by atoms with Gasteiger partial charge in [-0.15, -0.1) is 0 Å². The van der Waals surface area contributed by atoms with E-state index in [2.05, 4.69) is 12.2 Å². The van der Waals surface area contributed by atoms with Crippen molar-refractivity contribution in [3.05, 3.63) is 0 Å². The molecule has 1 heterocycles. The Labute approximate surface area is 152 Å². The van der Waals surface area contributed by atoms with E-state index in [0.717, 1.165) is 12.8 Å². The zero-order chi connectivity index (χ0) is 18.3. The Morgan fingerprint density at radius 3 is 2.04 bits per heavy atom. The van der Waals surface area contributed by atoms with Gasteiger partial charge in [-0.05, 0) is 6.42 Å². The van der Waals surface area contributed by atoms with Crippen LogP contribution >= 0.6 is 0 Å². The van der Waals surface area contributed by atoms with E-state index < -0.39 is 12.0 Å². The fourth-order valence-electron chi connectivity index (χ4n) is 3.13. The highest BCUT2D eigenvalue weighted by atomic mass is 16.5. The molecule has 0 aliphatic carbocycles. The maximum atomic E-state index is 11.8. The lowest BCUT2D eigenvalue weighted by molar-refractivity contribution is -0.142. The largest absolute Gasteiger partial charge is 0.464 e. The number of unbranched alkanes of at least 4 members (excludes halogenated alkanes) is 10. The van der Waals surface area contributed by atoms with E-state index in [-0.39, 0.29) is 18.1 Å². The number of carbonyl (C=O) groups excluding carboxylic acids is 3. The second kappa shape index (κ2) is 13.9. The lowest BCUT2D eigenvalue weighted by Crippen LogP contribution is -2.38. The first-order chi connectivity index (χ1) is 12.1. The second-order valence-electron chi connectivity index (χ2n) is 7.08. The molecule has 25 heavy (non-hydrogen) atoms. The van der Waals surface area contributed by atoms with Gasteiger partial charge in [0, 0.05) is 12.8 Å². The van der Waals surface area contributed by atoms with Gasteiger partial charge < -0.3 is 10.1 Å². The van der Waals surface area contributed by atoms with E-state index in [1.165, 1.54) is 57.8 Å². The summed E-state index contributed by atoms with van der Waals surface area (Å²) in [7, 11) is 0. The van der Waals surface area contributed by atoms with E-state index in [4.69, 9.17) is 4.74 Å². The van der Waals surface area contributed by atoms with Crippen molar-refractivity contribution in [2.24, 2.45) is 0 Å². The number of esters is 1. The molecule has 0 bridgehead atoms. The Kier molecular flexibility index (Phi) is 12.0. The van der Waals surface area contributed by atoms with Gasteiger partial charge >= 0.3 is 5.97 Å². The van der Waals surface area contributed by atoms with Crippen molar-refractivity contribution in [3.63, 3.8) is 0 Å². The standard InChI is InChI=1S/C20H35NO4/c1-2-3-4-5-6-7-8-9-10-11-12-13-17(22)16-19(23)21-18-14-15-25-20(18)24/h18H,2-16H2,1H3,(H,21,23)/t18-/m1/s1. The fraction of sp³-hybridized carbons (Fsp3) is 0.850. The van der Waals surface area contributed by atoms with E-state index in [1.807, 2.05) is 0 Å². The Balaban J connectivity index is 1.90. The molecule has 1 N–H and O–H groups in total. The molecule has 0 radical (unpaired) electrons. The van der Waals surface area contributed by atoms with Crippen LogP contribution < -0.4 is 5.32 Å². The molecule has 1 atom stereocenters. The first-order valence-corrected chi connectivity index (χ1v) is 10.1. The van der Waals surface area contributed by atoms with Gasteiger partial charge in [-0.3, -0.25) is 9.59 Å². The summed E-state index contributed by atoms with van der Waals surface area (Å²) in [6, 6.07) is -0.567. The smallest absolute Gasteiger partial charge is 0.328 e. The number of carbonyl (C=O) groups is 3. The van der Waals surface area contributed by atoms with Gasteiger partial charge in [-0.2, -0.15) is 0 Å². The molecule has 0 spiro atoms. The van der Waals surface area contributed by atoms with Gasteiger partial charge in [-0.1, -0.05) is 71.1 Å². The van der Waals surface area contributed by atoms with Crippen LogP contribution in [0.15, 0.2) is 0 Å². The lowest BCUT2D eigenvalue weighted by atomic mass is 10.0. The predicted molar refractivity (Wildman–Crippen MR) is 98.2 cm³/mol. The Morgan fingerprint density at radius 1 is 0.960 bits per heavy atom. The average Bonchev–Trinajstić information content (AvgIpc) is 2.97. The van der Waals surface area contributed by atoms with Crippen molar-refractivity contribution >= 4 is 17.7 Å². The molecule has 5 heteroatoms. The van der Waals surface area contributed by atoms with Gasteiger partial charge in [0.1, 0.15) is 11.8 Å². The minimum Gasteiger partial charge on any atom is -0.464 e. The molecule has 1 aliphatic rings. The maximum Gasteiger partial charge on any atom is 0.328 e. The Morgan fingerprint density at radius 2 is 1.52 bits per heavy atom. The van der Waals surface area contributed by atoms with Crippen LogP contribution in [0.1, 0.15) is 96.8 Å². The number of ketones is 1. The lowest BCUT2D eigenvalue weighted by Gasteiger charge is -2.08. The summed E-state index contributed by atoms with van der Waals surface area (Å²) in [5, 5.41) is 2.57. The molecular weight excluding hydrogens is 318 g/mol. The Bertz CT molecular complexity index is 409. The van der Waals surface area contributed by atoms with Gasteiger partial charge in [0.05, 0.1) is 13.0 Å². The van der Waals surface area contributed by atoms with Crippen LogP contribution in [0, 0.1) is 0 Å². The molecule has 144 valence electrons. The summed E-state index contributed by atoms with van der Waals surface area (Å²) in [5.74, 6) is -0.803. The van der Waals surface area contributed by atoms with Gasteiger partial charge in [0.2, 0.25) is 5.91 Å². The maximum absolute atomic E-state index is 11.8.